The van der Waals surface area contributed by atoms with Crippen LogP contribution in [0.2, 0.25) is 0 Å². The first-order chi connectivity index (χ1) is 42.7. The monoisotopic (exact) mass is 1400 g/mol. The Labute approximate surface area is 549 Å². The molecule has 0 saturated carbocycles. The highest BCUT2D eigenvalue weighted by Crippen LogP contribution is 2.48. The molecule has 502 valence electrons. The van der Waals surface area contributed by atoms with Gasteiger partial charge in [0.1, 0.15) is 6.79 Å². The van der Waals surface area contributed by atoms with Gasteiger partial charge in [-0.05, 0) is 212 Å². The second kappa shape index (κ2) is 41.2. The van der Waals surface area contributed by atoms with Gasteiger partial charge in [-0.15, -0.1) is 0 Å². The Kier molecular flexibility index (Phi) is 36.9. The van der Waals surface area contributed by atoms with E-state index >= 15 is 0 Å². The molecule has 0 fully saturated rings. The molecule has 0 radical (unpaired) electrons. The Hall–Kier alpha value is -5.59. The van der Waals surface area contributed by atoms with E-state index in [1.807, 2.05) is 162 Å². The minimum Gasteiger partial charge on any atom is -0.378 e. The molecule has 25 nitrogen and oxygen atoms in total. The summed E-state index contributed by atoms with van der Waals surface area (Å²) >= 11 is 5.99. The van der Waals surface area contributed by atoms with Crippen molar-refractivity contribution < 1.29 is 62.5 Å². The number of hydrogen-bond acceptors (Lipinski definition) is 25. The number of azo groups is 3. The largest absolute Gasteiger partial charge is 0.378 e. The molecule has 91 heavy (non-hydrogen) atoms. The van der Waals surface area contributed by atoms with E-state index in [1.54, 1.807) is 31.4 Å². The minimum absolute atomic E-state index is 0.00621. The Morgan fingerprint density at radius 1 is 0.418 bits per heavy atom. The normalized spacial score (nSPS) is 12.6. The summed E-state index contributed by atoms with van der Waals surface area (Å²) < 4.78 is 100. The highest BCUT2D eigenvalue weighted by atomic mass is 35.7. The molecule has 6 rings (SSSR count). The van der Waals surface area contributed by atoms with Crippen LogP contribution in [0.4, 0.5) is 51.2 Å². The van der Waals surface area contributed by atoms with Gasteiger partial charge in [0.25, 0.3) is 37.8 Å². The van der Waals surface area contributed by atoms with Gasteiger partial charge in [0.2, 0.25) is 7.65 Å². The van der Waals surface area contributed by atoms with Gasteiger partial charge in [0.15, 0.2) is 13.6 Å². The molecule has 0 aliphatic carbocycles. The lowest BCUT2D eigenvalue weighted by molar-refractivity contribution is 0.0773. The van der Waals surface area contributed by atoms with Crippen LogP contribution in [0.5, 0.6) is 0 Å². The van der Waals surface area contributed by atoms with Crippen LogP contribution in [0.1, 0.15) is 55.4 Å². The second-order valence-corrected chi connectivity index (χ2v) is 29.9. The van der Waals surface area contributed by atoms with E-state index in [4.69, 9.17) is 55.0 Å². The van der Waals surface area contributed by atoms with Gasteiger partial charge >= 0.3 is 0 Å². The Balaban J connectivity index is 0.000000430. The summed E-state index contributed by atoms with van der Waals surface area (Å²) in [5.41, 5.74) is 6.88. The number of nitrogens with zero attached hydrogens (tertiary/aromatic N) is 11. The molecule has 0 amide bonds. The van der Waals surface area contributed by atoms with Crippen LogP contribution in [0, 0.1) is 0 Å². The van der Waals surface area contributed by atoms with E-state index in [2.05, 4.69) is 67.2 Å². The first-order valence-corrected chi connectivity index (χ1v) is 36.1. The van der Waals surface area contributed by atoms with E-state index < -0.39 is 65.8 Å². The molecule has 0 aliphatic heterocycles. The average molecular weight is 1400 g/mol. The van der Waals surface area contributed by atoms with Crippen molar-refractivity contribution in [2.75, 3.05) is 91.6 Å². The molecule has 6 aromatic rings. The van der Waals surface area contributed by atoms with Crippen molar-refractivity contribution in [1.82, 2.24) is 9.34 Å². The summed E-state index contributed by atoms with van der Waals surface area (Å²) in [5, 5.41) is 47.4. The number of hydrogen-bond donors (Lipinski definition) is 3. The predicted octanol–water partition coefficient (Wildman–Crippen LogP) is 14.9. The first kappa shape index (κ1) is 81.5. The number of benzene rings is 6. The van der Waals surface area contributed by atoms with Crippen LogP contribution in [0.15, 0.2) is 191 Å². The van der Waals surface area contributed by atoms with Crippen LogP contribution in [-0.2, 0) is 51.2 Å². The predicted molar refractivity (Wildman–Crippen MR) is 364 cm³/mol. The van der Waals surface area contributed by atoms with Gasteiger partial charge in [0.05, 0.1) is 48.8 Å². The molecule has 0 spiro atoms. The molecule has 0 heterocycles. The van der Waals surface area contributed by atoms with Crippen molar-refractivity contribution in [2.24, 2.45) is 30.7 Å². The molecular formula is C59H85Cl2N11O14P2S3. The van der Waals surface area contributed by atoms with E-state index in [0.29, 0.717) is 40.5 Å². The molecular weight excluding hydrogens is 1320 g/mol. The zero-order valence-electron chi connectivity index (χ0n) is 53.9. The Bertz CT molecular complexity index is 3460. The fourth-order valence-corrected chi connectivity index (χ4v) is 13.1. The highest BCUT2D eigenvalue weighted by molar-refractivity contribution is 8.13. The fourth-order valence-electron chi connectivity index (χ4n) is 7.41. The smallest absolute Gasteiger partial charge is 0.299 e. The second-order valence-electron chi connectivity index (χ2n) is 20.4. The number of anilines is 3. The summed E-state index contributed by atoms with van der Waals surface area (Å²) in [6, 6.07) is 41.5. The standard InChI is InChI=1S/C22H33N4O5PS.C15H17N3O4S.C14H14ClN3O2S.C7H17ClNOP.CH4O2/c1-17(2)26(18(3)4)32(29-7)30-16-31-33(27,28)22-14-10-20(11-15-22)24-23-19-8-12-21(13-9-19)25(5)6;1-18(2)14-7-3-12(4-8-14)16-17-13-5-9-15(10-6-13)23(20,21)22-11-19;1-18(2)13-7-3-11(4-8-13)16-17-12-5-9-14(10-6-12)21(15,19)20;1-6(2)9(7(3)4)11(8)10-5;2-1-3/h8-15,17-18H,16H2,1-7H3;3-10,19H,11H2,1-2H3;3-10H,1-2H3;6-7H,1-5H3;2-3H,1H2. The Morgan fingerprint density at radius 3 is 0.879 bits per heavy atom. The van der Waals surface area contributed by atoms with Crippen molar-refractivity contribution in [1.29, 1.82) is 0 Å². The molecule has 0 bridgehead atoms. The van der Waals surface area contributed by atoms with Gasteiger partial charge in [0, 0.05) is 108 Å². The third-order valence-corrected chi connectivity index (χ3v) is 20.0. The maximum Gasteiger partial charge on any atom is 0.299 e. The number of rotatable bonds is 26. The van der Waals surface area contributed by atoms with E-state index in [-0.39, 0.29) is 26.8 Å². The molecule has 32 heteroatoms. The van der Waals surface area contributed by atoms with Gasteiger partial charge in [-0.25, -0.2) is 26.1 Å². The van der Waals surface area contributed by atoms with Gasteiger partial charge in [-0.1, -0.05) is 0 Å². The van der Waals surface area contributed by atoms with E-state index in [0.717, 1.165) is 22.7 Å². The third kappa shape index (κ3) is 29.9. The fraction of sp³-hybridized carbons (Fsp3) is 0.390. The molecule has 0 aromatic heterocycles. The van der Waals surface area contributed by atoms with Gasteiger partial charge in [-0.2, -0.15) is 47.5 Å². The molecule has 0 aliphatic rings. The van der Waals surface area contributed by atoms with E-state index in [9.17, 15) is 25.3 Å². The van der Waals surface area contributed by atoms with Crippen LogP contribution in [0.25, 0.3) is 0 Å². The molecule has 2 unspecified atom stereocenters. The van der Waals surface area contributed by atoms with Crippen LogP contribution >= 0.6 is 38.1 Å². The number of aliphatic hydroxyl groups is 3. The first-order valence-electron chi connectivity index (χ1n) is 27.7. The van der Waals surface area contributed by atoms with Gasteiger partial charge in [-0.3, -0.25) is 4.52 Å². The summed E-state index contributed by atoms with van der Waals surface area (Å²) in [5.74, 6) is 0. The number of halogens is 2. The quantitative estimate of drug-likeness (QED) is 0.0149. The lowest BCUT2D eigenvalue weighted by atomic mass is 10.3. The van der Waals surface area contributed by atoms with Crippen LogP contribution in [-0.4, -0.2) is 151 Å². The SMILES string of the molecule is CN(C)c1ccc(N=Nc2ccc(S(=O)(=O)Cl)cc2)cc1.CN(C)c1ccc(N=Nc2ccc(S(=O)(=O)OCO)cc2)cc1.COP(Cl)N(C(C)C)C(C)C.COP(OCOS(=O)(=O)c1ccc(N=Nc2ccc(N(C)C)cc2)cc1)N(C(C)C)C(C)C.OCO. The maximum atomic E-state index is 12.5. The average Bonchev–Trinajstić information content (AvgIpc) is 2.65. The topological polar surface area (TPSA) is 300 Å². The summed E-state index contributed by atoms with van der Waals surface area (Å²) in [7, 11) is 6.17. The van der Waals surface area contributed by atoms with E-state index in [1.165, 1.54) is 55.6 Å². The van der Waals surface area contributed by atoms with Crippen molar-refractivity contribution in [3.63, 3.8) is 0 Å². The van der Waals surface area contributed by atoms with Crippen molar-refractivity contribution >= 4 is 119 Å². The lowest BCUT2D eigenvalue weighted by Crippen LogP contribution is -2.33. The van der Waals surface area contributed by atoms with Crippen LogP contribution in [0.3, 0.4) is 0 Å². The number of aliphatic hydroxyl groups excluding tert-OH is 2. The zero-order chi connectivity index (χ0) is 68.6. The molecule has 2 atom stereocenters. The third-order valence-electron chi connectivity index (χ3n) is 11.7. The minimum atomic E-state index is -3.99. The summed E-state index contributed by atoms with van der Waals surface area (Å²) in [6.07, 6.45) is 0. The van der Waals surface area contributed by atoms with Crippen molar-refractivity contribution in [3.05, 3.63) is 146 Å². The summed E-state index contributed by atoms with van der Waals surface area (Å²) in [4.78, 5) is 5.96. The lowest BCUT2D eigenvalue weighted by Gasteiger charge is -2.34. The molecule has 6 aromatic carbocycles. The van der Waals surface area contributed by atoms with Crippen molar-refractivity contribution in [2.45, 2.75) is 94.2 Å². The molecule has 0 saturated heterocycles. The summed E-state index contributed by atoms with van der Waals surface area (Å²) in [6.45, 7) is 14.5. The Morgan fingerprint density at radius 2 is 0.670 bits per heavy atom. The highest BCUT2D eigenvalue weighted by Gasteiger charge is 2.27. The van der Waals surface area contributed by atoms with Crippen LogP contribution < -0.4 is 14.7 Å². The maximum absolute atomic E-state index is 12.5. The molecule has 3 N–H and O–H groups in total. The van der Waals surface area contributed by atoms with Crippen molar-refractivity contribution in [3.8, 4) is 0 Å². The zero-order valence-corrected chi connectivity index (χ0v) is 59.7. The van der Waals surface area contributed by atoms with Gasteiger partial charge < -0.3 is 39.1 Å².